The smallest absolute Gasteiger partial charge is 0.307 e. The van der Waals surface area contributed by atoms with E-state index in [1.165, 1.54) is 0 Å². The topological polar surface area (TPSA) is 65.3 Å². The standard InChI is InChI=1S/C18H14N2O3/c1-2-23-18(20(21)22)14-9-5-4-8-13(14)17-15(18)11-12-7-3-6-10-16(12)19-17/h3-11H,2H2,1H3. The molecule has 0 saturated carbocycles. The van der Waals surface area contributed by atoms with Gasteiger partial charge < -0.3 is 4.74 Å². The minimum Gasteiger partial charge on any atom is -0.307 e. The predicted molar refractivity (Wildman–Crippen MR) is 86.6 cm³/mol. The molecular formula is C18H14N2O3. The van der Waals surface area contributed by atoms with Crippen LogP contribution in [0.4, 0.5) is 0 Å². The molecule has 0 N–H and O–H groups in total. The van der Waals surface area contributed by atoms with Gasteiger partial charge >= 0.3 is 5.72 Å². The molecule has 0 fully saturated rings. The quantitative estimate of drug-likeness (QED) is 0.420. The maximum absolute atomic E-state index is 12.0. The lowest BCUT2D eigenvalue weighted by Crippen LogP contribution is -2.37. The number of pyridine rings is 1. The van der Waals surface area contributed by atoms with E-state index >= 15 is 0 Å². The molecule has 0 aliphatic heterocycles. The van der Waals surface area contributed by atoms with Crippen LogP contribution in [0.3, 0.4) is 0 Å². The molecule has 5 nitrogen and oxygen atoms in total. The lowest BCUT2D eigenvalue weighted by Gasteiger charge is -2.22. The summed E-state index contributed by atoms with van der Waals surface area (Å²) in [7, 11) is 0. The summed E-state index contributed by atoms with van der Waals surface area (Å²) in [5.74, 6) is 0. The van der Waals surface area contributed by atoms with Crippen molar-refractivity contribution < 1.29 is 9.66 Å². The molecule has 1 unspecified atom stereocenters. The number of hydrogen-bond donors (Lipinski definition) is 0. The zero-order chi connectivity index (χ0) is 16.0. The number of ether oxygens (including phenoxy) is 1. The van der Waals surface area contributed by atoms with E-state index in [2.05, 4.69) is 4.98 Å². The first-order valence-electron chi connectivity index (χ1n) is 7.47. The second-order valence-corrected chi connectivity index (χ2v) is 5.46. The summed E-state index contributed by atoms with van der Waals surface area (Å²) in [6, 6.07) is 16.7. The van der Waals surface area contributed by atoms with Crippen LogP contribution >= 0.6 is 0 Å². The van der Waals surface area contributed by atoms with Crippen LogP contribution in [-0.2, 0) is 10.5 Å². The molecule has 1 aliphatic carbocycles. The van der Waals surface area contributed by atoms with Crippen molar-refractivity contribution in [1.29, 1.82) is 0 Å². The lowest BCUT2D eigenvalue weighted by molar-refractivity contribution is -0.625. The van der Waals surface area contributed by atoms with E-state index < -0.39 is 5.72 Å². The number of rotatable bonds is 3. The Labute approximate surface area is 132 Å². The Bertz CT molecular complexity index is 938. The Hall–Kier alpha value is -2.79. The van der Waals surface area contributed by atoms with Crippen LogP contribution in [0.5, 0.6) is 0 Å². The number of para-hydroxylation sites is 1. The molecule has 0 radical (unpaired) electrons. The normalized spacial score (nSPS) is 18.7. The van der Waals surface area contributed by atoms with Gasteiger partial charge in [-0.3, -0.25) is 10.1 Å². The molecule has 2 aromatic carbocycles. The Kier molecular flexibility index (Phi) is 2.92. The first-order valence-corrected chi connectivity index (χ1v) is 7.47. The molecule has 1 aromatic heterocycles. The van der Waals surface area contributed by atoms with E-state index in [1.54, 1.807) is 19.1 Å². The SMILES string of the molecule is CCOC1([N+](=O)[O-])c2ccccc2-c2nc3ccccc3cc21. The zero-order valence-corrected chi connectivity index (χ0v) is 12.5. The number of fused-ring (bicyclic) bond motifs is 4. The molecule has 0 spiro atoms. The lowest BCUT2D eigenvalue weighted by atomic mass is 10.0. The van der Waals surface area contributed by atoms with Gasteiger partial charge in [0.25, 0.3) is 0 Å². The van der Waals surface area contributed by atoms with Gasteiger partial charge in [-0.2, -0.15) is 0 Å². The largest absolute Gasteiger partial charge is 0.380 e. The summed E-state index contributed by atoms with van der Waals surface area (Å²) in [6.07, 6.45) is 0. The van der Waals surface area contributed by atoms with Crippen molar-refractivity contribution in [1.82, 2.24) is 4.98 Å². The van der Waals surface area contributed by atoms with E-state index in [-0.39, 0.29) is 11.5 Å². The molecule has 4 rings (SSSR count). The molecule has 114 valence electrons. The van der Waals surface area contributed by atoms with Crippen molar-refractivity contribution in [3.63, 3.8) is 0 Å². The second kappa shape index (κ2) is 4.86. The fourth-order valence-corrected chi connectivity index (χ4v) is 3.32. The summed E-state index contributed by atoms with van der Waals surface area (Å²) in [5, 5.41) is 12.9. The van der Waals surface area contributed by atoms with Crippen molar-refractivity contribution >= 4 is 10.9 Å². The van der Waals surface area contributed by atoms with Crippen LogP contribution in [0.15, 0.2) is 54.6 Å². The maximum Gasteiger partial charge on any atom is 0.380 e. The fourth-order valence-electron chi connectivity index (χ4n) is 3.32. The highest BCUT2D eigenvalue weighted by atomic mass is 16.7. The van der Waals surface area contributed by atoms with E-state index in [1.807, 2.05) is 42.5 Å². The van der Waals surface area contributed by atoms with Crippen LogP contribution in [0.1, 0.15) is 18.1 Å². The van der Waals surface area contributed by atoms with Gasteiger partial charge in [0.2, 0.25) is 0 Å². The van der Waals surface area contributed by atoms with Crippen molar-refractivity contribution in [3.05, 3.63) is 75.8 Å². The van der Waals surface area contributed by atoms with E-state index in [4.69, 9.17) is 4.74 Å². The van der Waals surface area contributed by atoms with Crippen LogP contribution < -0.4 is 0 Å². The molecule has 5 heteroatoms. The second-order valence-electron chi connectivity index (χ2n) is 5.46. The molecule has 0 saturated heterocycles. The molecule has 1 heterocycles. The van der Waals surface area contributed by atoms with Gasteiger partial charge in [0.05, 0.1) is 33.9 Å². The monoisotopic (exact) mass is 306 g/mol. The van der Waals surface area contributed by atoms with Gasteiger partial charge in [-0.05, 0) is 25.1 Å². The van der Waals surface area contributed by atoms with Crippen LogP contribution in [0.2, 0.25) is 0 Å². The molecule has 0 bridgehead atoms. The number of aromatic nitrogens is 1. The van der Waals surface area contributed by atoms with Crippen molar-refractivity contribution in [2.75, 3.05) is 6.61 Å². The minimum atomic E-state index is -1.68. The Morgan fingerprint density at radius 2 is 1.87 bits per heavy atom. The number of nitro groups is 1. The summed E-state index contributed by atoms with van der Waals surface area (Å²) >= 11 is 0. The highest BCUT2D eigenvalue weighted by Crippen LogP contribution is 2.49. The van der Waals surface area contributed by atoms with Crippen LogP contribution in [0.25, 0.3) is 22.2 Å². The average Bonchev–Trinajstić information content (AvgIpc) is 2.84. The highest BCUT2D eigenvalue weighted by Gasteiger charge is 2.56. The first-order chi connectivity index (χ1) is 11.2. The number of nitrogens with zero attached hydrogens (tertiary/aromatic N) is 2. The summed E-state index contributed by atoms with van der Waals surface area (Å²) in [5.41, 5.74) is 1.58. The van der Waals surface area contributed by atoms with E-state index in [0.717, 1.165) is 16.5 Å². The molecule has 23 heavy (non-hydrogen) atoms. The Morgan fingerprint density at radius 1 is 1.13 bits per heavy atom. The van der Waals surface area contributed by atoms with Gasteiger partial charge in [-0.25, -0.2) is 4.98 Å². The van der Waals surface area contributed by atoms with Gasteiger partial charge in [-0.1, -0.05) is 36.4 Å². The summed E-state index contributed by atoms with van der Waals surface area (Å²) < 4.78 is 5.71. The van der Waals surface area contributed by atoms with Gasteiger partial charge in [0.1, 0.15) is 0 Å². The third-order valence-electron chi connectivity index (χ3n) is 4.25. The van der Waals surface area contributed by atoms with Gasteiger partial charge in [-0.15, -0.1) is 0 Å². The highest BCUT2D eigenvalue weighted by molar-refractivity contribution is 5.87. The third kappa shape index (κ3) is 1.74. The molecule has 1 atom stereocenters. The third-order valence-corrected chi connectivity index (χ3v) is 4.25. The average molecular weight is 306 g/mol. The van der Waals surface area contributed by atoms with Crippen molar-refractivity contribution in [2.45, 2.75) is 12.6 Å². The van der Waals surface area contributed by atoms with Crippen molar-refractivity contribution in [2.24, 2.45) is 0 Å². The fraction of sp³-hybridized carbons (Fsp3) is 0.167. The van der Waals surface area contributed by atoms with Gasteiger partial charge in [0.15, 0.2) is 0 Å². The molecule has 3 aromatic rings. The van der Waals surface area contributed by atoms with E-state index in [9.17, 15) is 10.1 Å². The summed E-state index contributed by atoms with van der Waals surface area (Å²) in [6.45, 7) is 2.00. The van der Waals surface area contributed by atoms with Gasteiger partial charge in [0, 0.05) is 10.9 Å². The predicted octanol–water partition coefficient (Wildman–Crippen LogP) is 3.73. The zero-order valence-electron chi connectivity index (χ0n) is 12.5. The Morgan fingerprint density at radius 3 is 2.65 bits per heavy atom. The maximum atomic E-state index is 12.0. The molecule has 0 amide bonds. The first kappa shape index (κ1) is 13.8. The van der Waals surface area contributed by atoms with Crippen LogP contribution in [-0.4, -0.2) is 16.5 Å². The number of hydrogen-bond acceptors (Lipinski definition) is 4. The Balaban J connectivity index is 2.14. The van der Waals surface area contributed by atoms with Crippen molar-refractivity contribution in [3.8, 4) is 11.3 Å². The number of benzene rings is 2. The minimum absolute atomic E-state index is 0.238. The summed E-state index contributed by atoms with van der Waals surface area (Å²) in [4.78, 5) is 16.4. The van der Waals surface area contributed by atoms with E-state index in [0.29, 0.717) is 16.8 Å². The molecule has 1 aliphatic rings. The molecular weight excluding hydrogens is 292 g/mol. The van der Waals surface area contributed by atoms with Crippen LogP contribution in [0, 0.1) is 10.1 Å².